The Bertz CT molecular complexity index is 975. The minimum absolute atomic E-state index is 0.0735. The van der Waals surface area contributed by atoms with Gasteiger partial charge in [-0.25, -0.2) is 9.78 Å². The van der Waals surface area contributed by atoms with Gasteiger partial charge in [-0.05, 0) is 25.0 Å². The van der Waals surface area contributed by atoms with E-state index in [0.29, 0.717) is 41.8 Å². The van der Waals surface area contributed by atoms with Crippen LogP contribution in [0.15, 0.2) is 45.4 Å². The first-order valence-electron chi connectivity index (χ1n) is 8.06. The number of amides is 1. The number of rotatable bonds is 7. The van der Waals surface area contributed by atoms with E-state index in [9.17, 15) is 14.4 Å². The largest absolute Gasteiger partial charge is 0.328 e. The number of nitrogens with zero attached hydrogens (tertiary/aromatic N) is 2. The third kappa shape index (κ3) is 4.21. The Kier molecular flexibility index (Phi) is 5.39. The molecular weight excluding hydrogens is 340 g/mol. The minimum atomic E-state index is -0.398. The van der Waals surface area contributed by atoms with Crippen LogP contribution in [0.3, 0.4) is 0 Å². The summed E-state index contributed by atoms with van der Waals surface area (Å²) in [6.07, 6.45) is 4.13. The van der Waals surface area contributed by atoms with E-state index >= 15 is 0 Å². The van der Waals surface area contributed by atoms with Gasteiger partial charge < -0.3 is 10.3 Å². The van der Waals surface area contributed by atoms with Crippen molar-refractivity contribution >= 4 is 33.3 Å². The van der Waals surface area contributed by atoms with E-state index < -0.39 is 5.69 Å². The van der Waals surface area contributed by atoms with Crippen LogP contribution in [0.25, 0.3) is 10.9 Å². The van der Waals surface area contributed by atoms with E-state index in [0.717, 1.165) is 6.42 Å². The standard InChI is InChI=1S/C17H18N4O3S/c22-14(20-16-18-9-11-25-16)8-2-1-5-10-21-15(23)12-6-3-4-7-13(12)19-17(21)24/h3-4,6-7,9,11H,1-2,5,8,10H2,(H,19,24)(H,18,20,22). The quantitative estimate of drug-likeness (QED) is 0.634. The molecule has 3 aromatic rings. The van der Waals surface area contributed by atoms with Crippen molar-refractivity contribution in [3.05, 3.63) is 56.7 Å². The van der Waals surface area contributed by atoms with Gasteiger partial charge in [0, 0.05) is 24.5 Å². The summed E-state index contributed by atoms with van der Waals surface area (Å²) in [5.74, 6) is -0.0735. The molecule has 8 heteroatoms. The zero-order chi connectivity index (χ0) is 17.6. The van der Waals surface area contributed by atoms with E-state index in [1.165, 1.54) is 15.9 Å². The number of unbranched alkanes of at least 4 members (excludes halogenated alkanes) is 2. The van der Waals surface area contributed by atoms with Gasteiger partial charge >= 0.3 is 5.69 Å². The number of fused-ring (bicyclic) bond motifs is 1. The number of nitrogens with one attached hydrogen (secondary N) is 2. The van der Waals surface area contributed by atoms with E-state index in [1.54, 1.807) is 35.8 Å². The van der Waals surface area contributed by atoms with Gasteiger partial charge in [-0.3, -0.25) is 14.2 Å². The molecule has 0 radical (unpaired) electrons. The number of aromatic nitrogens is 3. The molecule has 1 aromatic carbocycles. The first-order chi connectivity index (χ1) is 12.1. The fourth-order valence-electron chi connectivity index (χ4n) is 2.60. The summed E-state index contributed by atoms with van der Waals surface area (Å²) in [6, 6.07) is 6.96. The summed E-state index contributed by atoms with van der Waals surface area (Å²) in [5.41, 5.74) is -0.126. The molecule has 0 saturated carbocycles. The van der Waals surface area contributed by atoms with Crippen LogP contribution in [-0.4, -0.2) is 20.4 Å². The van der Waals surface area contributed by atoms with Crippen LogP contribution < -0.4 is 16.6 Å². The van der Waals surface area contributed by atoms with E-state index in [4.69, 9.17) is 0 Å². The average Bonchev–Trinajstić information content (AvgIpc) is 3.10. The van der Waals surface area contributed by atoms with Gasteiger partial charge in [0.25, 0.3) is 5.56 Å². The normalized spacial score (nSPS) is 10.9. The molecule has 0 spiro atoms. The maximum atomic E-state index is 12.4. The number of hydrogen-bond acceptors (Lipinski definition) is 5. The highest BCUT2D eigenvalue weighted by Gasteiger charge is 2.07. The number of anilines is 1. The Hall–Kier alpha value is -2.74. The first-order valence-corrected chi connectivity index (χ1v) is 8.94. The third-order valence-corrected chi connectivity index (χ3v) is 4.54. The van der Waals surface area contributed by atoms with Crippen LogP contribution in [-0.2, 0) is 11.3 Å². The van der Waals surface area contributed by atoms with Crippen LogP contribution >= 0.6 is 11.3 Å². The summed E-state index contributed by atoms with van der Waals surface area (Å²) in [6.45, 7) is 0.340. The predicted octanol–water partition coefficient (Wildman–Crippen LogP) is 2.35. The third-order valence-electron chi connectivity index (χ3n) is 3.85. The van der Waals surface area contributed by atoms with Crippen molar-refractivity contribution < 1.29 is 4.79 Å². The molecule has 0 atom stereocenters. The number of aromatic amines is 1. The van der Waals surface area contributed by atoms with Crippen molar-refractivity contribution in [2.45, 2.75) is 32.2 Å². The molecule has 2 N–H and O–H groups in total. The zero-order valence-corrected chi connectivity index (χ0v) is 14.3. The number of carbonyl (C=O) groups excluding carboxylic acids is 1. The van der Waals surface area contributed by atoms with Crippen LogP contribution in [0.2, 0.25) is 0 Å². The number of benzene rings is 1. The molecule has 0 fully saturated rings. The van der Waals surface area contributed by atoms with Crippen LogP contribution in [0, 0.1) is 0 Å². The lowest BCUT2D eigenvalue weighted by Gasteiger charge is -2.06. The fourth-order valence-corrected chi connectivity index (χ4v) is 3.15. The van der Waals surface area contributed by atoms with Crippen molar-refractivity contribution in [1.29, 1.82) is 0 Å². The molecule has 1 amide bonds. The molecule has 0 aliphatic carbocycles. The second kappa shape index (κ2) is 7.89. The highest BCUT2D eigenvalue weighted by Crippen LogP contribution is 2.11. The molecule has 0 unspecified atom stereocenters. The van der Waals surface area contributed by atoms with E-state index in [1.807, 2.05) is 0 Å². The number of hydrogen-bond donors (Lipinski definition) is 2. The summed E-state index contributed by atoms with van der Waals surface area (Å²) in [7, 11) is 0. The van der Waals surface area contributed by atoms with Crippen molar-refractivity contribution in [3.63, 3.8) is 0 Å². The number of thiazole rings is 1. The van der Waals surface area contributed by atoms with Gasteiger partial charge in [-0.15, -0.1) is 11.3 Å². The van der Waals surface area contributed by atoms with Crippen LogP contribution in [0.4, 0.5) is 5.13 Å². The Labute approximate surface area is 147 Å². The average molecular weight is 358 g/mol. The van der Waals surface area contributed by atoms with Gasteiger partial charge in [-0.2, -0.15) is 0 Å². The highest BCUT2D eigenvalue weighted by molar-refractivity contribution is 7.13. The van der Waals surface area contributed by atoms with Crippen LogP contribution in [0.5, 0.6) is 0 Å². The molecule has 3 rings (SSSR count). The highest BCUT2D eigenvalue weighted by atomic mass is 32.1. The molecule has 25 heavy (non-hydrogen) atoms. The molecule has 130 valence electrons. The second-order valence-corrected chi connectivity index (χ2v) is 6.52. The molecule has 0 saturated heterocycles. The number of carbonyl (C=O) groups is 1. The van der Waals surface area contributed by atoms with Crippen LogP contribution in [0.1, 0.15) is 25.7 Å². The Morgan fingerprint density at radius 3 is 2.84 bits per heavy atom. The summed E-state index contributed by atoms with van der Waals surface area (Å²) in [4.78, 5) is 42.9. The first kappa shape index (κ1) is 17.1. The Balaban J connectivity index is 1.51. The topological polar surface area (TPSA) is 96.9 Å². The van der Waals surface area contributed by atoms with Gasteiger partial charge in [0.05, 0.1) is 10.9 Å². The van der Waals surface area contributed by atoms with Crippen molar-refractivity contribution in [1.82, 2.24) is 14.5 Å². The molecule has 0 aliphatic rings. The lowest BCUT2D eigenvalue weighted by molar-refractivity contribution is -0.116. The smallest absolute Gasteiger partial charge is 0.307 e. The van der Waals surface area contributed by atoms with Crippen molar-refractivity contribution in [2.24, 2.45) is 0 Å². The second-order valence-electron chi connectivity index (χ2n) is 5.63. The minimum Gasteiger partial charge on any atom is -0.307 e. The Morgan fingerprint density at radius 2 is 2.04 bits per heavy atom. The Morgan fingerprint density at radius 1 is 1.20 bits per heavy atom. The van der Waals surface area contributed by atoms with Crippen molar-refractivity contribution in [2.75, 3.05) is 5.32 Å². The van der Waals surface area contributed by atoms with Gasteiger partial charge in [0.1, 0.15) is 0 Å². The number of para-hydroxylation sites is 1. The zero-order valence-electron chi connectivity index (χ0n) is 13.5. The van der Waals surface area contributed by atoms with E-state index in [-0.39, 0.29) is 11.5 Å². The van der Waals surface area contributed by atoms with Crippen molar-refractivity contribution in [3.8, 4) is 0 Å². The summed E-state index contributed by atoms with van der Waals surface area (Å²) in [5, 5.41) is 5.63. The lowest BCUT2D eigenvalue weighted by atomic mass is 10.2. The lowest BCUT2D eigenvalue weighted by Crippen LogP contribution is -2.35. The van der Waals surface area contributed by atoms with Gasteiger partial charge in [0.2, 0.25) is 5.91 Å². The predicted molar refractivity (Wildman–Crippen MR) is 98.0 cm³/mol. The maximum Gasteiger partial charge on any atom is 0.328 e. The number of H-pyrrole nitrogens is 1. The maximum absolute atomic E-state index is 12.4. The molecule has 0 bridgehead atoms. The SMILES string of the molecule is O=C(CCCCCn1c(=O)[nH]c2ccccc2c1=O)Nc1nccs1. The van der Waals surface area contributed by atoms with Gasteiger partial charge in [0.15, 0.2) is 5.13 Å². The summed E-state index contributed by atoms with van der Waals surface area (Å²) < 4.78 is 1.22. The molecule has 2 heterocycles. The molecular formula is C17H18N4O3S. The molecule has 2 aromatic heterocycles. The van der Waals surface area contributed by atoms with Gasteiger partial charge in [-0.1, -0.05) is 18.6 Å². The molecule has 7 nitrogen and oxygen atoms in total. The fraction of sp³-hybridized carbons (Fsp3) is 0.294. The monoisotopic (exact) mass is 358 g/mol. The van der Waals surface area contributed by atoms with E-state index in [2.05, 4.69) is 15.3 Å². The molecule has 0 aliphatic heterocycles. The summed E-state index contributed by atoms with van der Waals surface area (Å²) >= 11 is 1.38.